The molecule has 1 unspecified atom stereocenters. The lowest BCUT2D eigenvalue weighted by molar-refractivity contribution is 0.00272. The van der Waals surface area contributed by atoms with Gasteiger partial charge in [-0.2, -0.15) is 0 Å². The number of hydrogen-bond acceptors (Lipinski definition) is 5. The lowest BCUT2D eigenvalue weighted by Gasteiger charge is -2.39. The van der Waals surface area contributed by atoms with Gasteiger partial charge in [-0.15, -0.1) is 24.0 Å². The second-order valence-corrected chi connectivity index (χ2v) is 8.58. The number of nitrogens with one attached hydrogen (secondary N) is 2. The monoisotopic (exact) mass is 558 g/mol. The van der Waals surface area contributed by atoms with Gasteiger partial charge in [0.1, 0.15) is 5.82 Å². The van der Waals surface area contributed by atoms with Crippen molar-refractivity contribution in [3.63, 3.8) is 0 Å². The van der Waals surface area contributed by atoms with E-state index in [1.807, 2.05) is 6.20 Å². The Balaban J connectivity index is 0.00000363. The number of ether oxygens (including phenoxy) is 1. The molecule has 8 heteroatoms. The maximum absolute atomic E-state index is 5.59. The molecule has 0 bridgehead atoms. The molecule has 2 aliphatic rings. The Morgan fingerprint density at radius 1 is 1.09 bits per heavy atom. The van der Waals surface area contributed by atoms with Crippen LogP contribution in [0.4, 0.5) is 5.82 Å². The zero-order valence-corrected chi connectivity index (χ0v) is 22.5. The number of anilines is 1. The summed E-state index contributed by atoms with van der Waals surface area (Å²) in [5, 5.41) is 7.06. The first-order valence-corrected chi connectivity index (χ1v) is 12.3. The van der Waals surface area contributed by atoms with E-state index in [0.717, 1.165) is 64.3 Å². The number of guanidine groups is 1. The van der Waals surface area contributed by atoms with Crippen LogP contribution in [0.2, 0.25) is 0 Å². The van der Waals surface area contributed by atoms with Gasteiger partial charge in [0.15, 0.2) is 5.96 Å². The van der Waals surface area contributed by atoms with Crippen LogP contribution in [0.1, 0.15) is 52.0 Å². The Kier molecular flexibility index (Phi) is 12.6. The van der Waals surface area contributed by atoms with Crippen LogP contribution >= 0.6 is 24.0 Å². The first kappa shape index (κ1) is 27.1. The average Bonchev–Trinajstić information content (AvgIpc) is 3.36. The SMILES string of the molecule is CCNC(=NCc1ccnc(N2CCCC2)c1)NCC(C(CC)CC)N1CCOCC1.I. The van der Waals surface area contributed by atoms with Crippen LogP contribution < -0.4 is 15.5 Å². The van der Waals surface area contributed by atoms with Gasteiger partial charge in [-0.05, 0) is 43.4 Å². The number of rotatable bonds is 10. The Labute approximate surface area is 211 Å². The number of hydrogen-bond donors (Lipinski definition) is 2. The first-order chi connectivity index (χ1) is 15.2. The summed E-state index contributed by atoms with van der Waals surface area (Å²) >= 11 is 0. The third kappa shape index (κ3) is 8.02. The molecule has 2 saturated heterocycles. The Bertz CT molecular complexity index is 672. The number of pyridine rings is 1. The van der Waals surface area contributed by atoms with E-state index in [4.69, 9.17) is 9.73 Å². The molecule has 3 heterocycles. The maximum atomic E-state index is 5.59. The minimum absolute atomic E-state index is 0. The Morgan fingerprint density at radius 3 is 2.47 bits per heavy atom. The number of halogens is 1. The van der Waals surface area contributed by atoms with E-state index in [-0.39, 0.29) is 24.0 Å². The van der Waals surface area contributed by atoms with Crippen LogP contribution in [0.5, 0.6) is 0 Å². The van der Waals surface area contributed by atoms with Crippen molar-refractivity contribution < 1.29 is 4.74 Å². The molecule has 3 rings (SSSR count). The summed E-state index contributed by atoms with van der Waals surface area (Å²) in [5.74, 6) is 2.66. The average molecular weight is 559 g/mol. The quantitative estimate of drug-likeness (QED) is 0.261. The van der Waals surface area contributed by atoms with E-state index in [0.29, 0.717) is 18.5 Å². The van der Waals surface area contributed by atoms with Gasteiger partial charge in [0.25, 0.3) is 0 Å². The smallest absolute Gasteiger partial charge is 0.191 e. The van der Waals surface area contributed by atoms with Crippen molar-refractivity contribution in [3.8, 4) is 0 Å². The lowest BCUT2D eigenvalue weighted by Crippen LogP contribution is -2.53. The molecule has 0 radical (unpaired) electrons. The molecule has 2 aliphatic heterocycles. The van der Waals surface area contributed by atoms with Crippen molar-refractivity contribution in [2.45, 2.75) is 59.0 Å². The highest BCUT2D eigenvalue weighted by Crippen LogP contribution is 2.20. The van der Waals surface area contributed by atoms with Crippen LogP contribution in [0.25, 0.3) is 0 Å². The van der Waals surface area contributed by atoms with Crippen molar-refractivity contribution in [2.24, 2.45) is 10.9 Å². The van der Waals surface area contributed by atoms with Crippen molar-refractivity contribution in [2.75, 3.05) is 57.4 Å². The van der Waals surface area contributed by atoms with Gasteiger partial charge in [0, 0.05) is 51.5 Å². The number of morpholine rings is 1. The van der Waals surface area contributed by atoms with E-state index >= 15 is 0 Å². The molecule has 0 aromatic carbocycles. The number of aliphatic imine (C=N–C) groups is 1. The van der Waals surface area contributed by atoms with E-state index in [1.54, 1.807) is 0 Å². The second-order valence-electron chi connectivity index (χ2n) is 8.58. The van der Waals surface area contributed by atoms with E-state index < -0.39 is 0 Å². The van der Waals surface area contributed by atoms with E-state index in [2.05, 4.69) is 58.3 Å². The zero-order chi connectivity index (χ0) is 21.9. The van der Waals surface area contributed by atoms with Gasteiger partial charge in [-0.25, -0.2) is 9.98 Å². The highest BCUT2D eigenvalue weighted by Gasteiger charge is 2.27. The predicted octanol–water partition coefficient (Wildman–Crippen LogP) is 3.49. The van der Waals surface area contributed by atoms with Gasteiger partial charge >= 0.3 is 0 Å². The number of aromatic nitrogens is 1. The second kappa shape index (κ2) is 14.9. The number of nitrogens with zero attached hydrogens (tertiary/aromatic N) is 4. The summed E-state index contributed by atoms with van der Waals surface area (Å²) in [7, 11) is 0. The van der Waals surface area contributed by atoms with Crippen LogP contribution in [0.15, 0.2) is 23.3 Å². The standard InChI is InChI=1S/C24H42N6O.HI/c1-4-21(5-2)22(29-13-15-31-16-14-29)19-28-24(25-6-3)27-18-20-9-10-26-23(17-20)30-11-7-8-12-30;/h9-10,17,21-22H,4-8,11-16,18-19H2,1-3H3,(H2,25,27,28);1H. The van der Waals surface area contributed by atoms with Crippen LogP contribution in [0.3, 0.4) is 0 Å². The molecule has 32 heavy (non-hydrogen) atoms. The molecule has 1 atom stereocenters. The van der Waals surface area contributed by atoms with E-state index in [9.17, 15) is 0 Å². The summed E-state index contributed by atoms with van der Waals surface area (Å²) in [6.45, 7) is 15.1. The normalized spacial score (nSPS) is 18.5. The summed E-state index contributed by atoms with van der Waals surface area (Å²) < 4.78 is 5.59. The van der Waals surface area contributed by atoms with Crippen molar-refractivity contribution in [1.29, 1.82) is 0 Å². The van der Waals surface area contributed by atoms with Gasteiger partial charge in [-0.1, -0.05) is 26.7 Å². The molecule has 0 saturated carbocycles. The Hall–Kier alpha value is -1.13. The van der Waals surface area contributed by atoms with E-state index in [1.165, 1.54) is 31.2 Å². The molecular formula is C24H43IN6O. The molecule has 7 nitrogen and oxygen atoms in total. The van der Waals surface area contributed by atoms with Crippen LogP contribution in [-0.4, -0.2) is 74.4 Å². The summed E-state index contributed by atoms with van der Waals surface area (Å²) in [4.78, 5) is 14.4. The minimum atomic E-state index is 0. The molecule has 0 amide bonds. The highest BCUT2D eigenvalue weighted by atomic mass is 127. The van der Waals surface area contributed by atoms with Gasteiger partial charge < -0.3 is 20.3 Å². The van der Waals surface area contributed by atoms with Gasteiger partial charge in [0.2, 0.25) is 0 Å². The van der Waals surface area contributed by atoms with Crippen LogP contribution in [0, 0.1) is 5.92 Å². The zero-order valence-electron chi connectivity index (χ0n) is 20.2. The molecule has 182 valence electrons. The molecule has 2 N–H and O–H groups in total. The fourth-order valence-corrected chi connectivity index (χ4v) is 4.73. The van der Waals surface area contributed by atoms with Gasteiger partial charge in [-0.3, -0.25) is 4.90 Å². The predicted molar refractivity (Wildman–Crippen MR) is 144 cm³/mol. The topological polar surface area (TPSA) is 65.0 Å². The third-order valence-electron chi connectivity index (χ3n) is 6.59. The molecule has 1 aromatic rings. The molecule has 0 aliphatic carbocycles. The Morgan fingerprint density at radius 2 is 1.81 bits per heavy atom. The summed E-state index contributed by atoms with van der Waals surface area (Å²) in [5.41, 5.74) is 1.21. The maximum Gasteiger partial charge on any atom is 0.191 e. The molecule has 2 fully saturated rings. The fraction of sp³-hybridized carbons (Fsp3) is 0.750. The lowest BCUT2D eigenvalue weighted by atomic mass is 9.92. The molecule has 1 aromatic heterocycles. The summed E-state index contributed by atoms with van der Waals surface area (Å²) in [6, 6.07) is 4.78. The third-order valence-corrected chi connectivity index (χ3v) is 6.59. The summed E-state index contributed by atoms with van der Waals surface area (Å²) in [6.07, 6.45) is 6.84. The fourth-order valence-electron chi connectivity index (χ4n) is 4.73. The first-order valence-electron chi connectivity index (χ1n) is 12.3. The molecule has 0 spiro atoms. The minimum Gasteiger partial charge on any atom is -0.379 e. The van der Waals surface area contributed by atoms with Crippen LogP contribution in [-0.2, 0) is 11.3 Å². The van der Waals surface area contributed by atoms with Gasteiger partial charge in [0.05, 0.1) is 19.8 Å². The molecular weight excluding hydrogens is 515 g/mol. The largest absolute Gasteiger partial charge is 0.379 e. The van der Waals surface area contributed by atoms with Crippen molar-refractivity contribution in [3.05, 3.63) is 23.9 Å². The highest BCUT2D eigenvalue weighted by molar-refractivity contribution is 14.0. The van der Waals surface area contributed by atoms with Crippen molar-refractivity contribution >= 4 is 35.8 Å². The van der Waals surface area contributed by atoms with Crippen molar-refractivity contribution in [1.82, 2.24) is 20.5 Å².